The van der Waals surface area contributed by atoms with Crippen LogP contribution in [-0.4, -0.2) is 30.9 Å². The van der Waals surface area contributed by atoms with Gasteiger partial charge in [0.2, 0.25) is 0 Å². The number of hydrogen-bond acceptors (Lipinski definition) is 4. The number of hydrogen-bond donors (Lipinski definition) is 1. The van der Waals surface area contributed by atoms with Gasteiger partial charge in [-0.15, -0.1) is 0 Å². The van der Waals surface area contributed by atoms with Crippen molar-refractivity contribution < 1.29 is 19.4 Å². The Morgan fingerprint density at radius 2 is 1.79 bits per heavy atom. The van der Waals surface area contributed by atoms with Gasteiger partial charge in [-0.05, 0) is 55.7 Å². The number of carbonyl (C=O) groups excluding carboxylic acids is 1. The second-order valence-corrected chi connectivity index (χ2v) is 8.48. The van der Waals surface area contributed by atoms with E-state index in [0.29, 0.717) is 21.7 Å². The summed E-state index contributed by atoms with van der Waals surface area (Å²) >= 11 is 18.0. The van der Waals surface area contributed by atoms with Gasteiger partial charge in [-0.25, -0.2) is 4.79 Å². The molecule has 28 heavy (non-hydrogen) atoms. The van der Waals surface area contributed by atoms with Crippen molar-refractivity contribution in [3.8, 4) is 0 Å². The minimum absolute atomic E-state index is 0.00782. The van der Waals surface area contributed by atoms with Crippen LogP contribution in [-0.2, 0) is 16.1 Å². The largest absolute Gasteiger partial charge is 0.465 e. The molecule has 0 amide bonds. The molecule has 0 spiro atoms. The summed E-state index contributed by atoms with van der Waals surface area (Å²) in [5, 5.41) is 9.69. The summed E-state index contributed by atoms with van der Waals surface area (Å²) < 4.78 is 11.4. The molecule has 8 heteroatoms. The van der Waals surface area contributed by atoms with Crippen molar-refractivity contribution in [2.75, 3.05) is 13.7 Å². The number of ether oxygens (including phenoxy) is 2. The summed E-state index contributed by atoms with van der Waals surface area (Å²) in [5.74, 6) is -0.424. The smallest absolute Gasteiger partial charge is 0.339 e. The zero-order valence-corrected chi connectivity index (χ0v) is 20.2. The molecule has 1 heterocycles. The zero-order chi connectivity index (χ0) is 21.1. The van der Waals surface area contributed by atoms with Crippen LogP contribution >= 0.6 is 55.1 Å². The molecule has 2 aromatic carbocycles. The summed E-state index contributed by atoms with van der Waals surface area (Å²) in [7, 11) is 1.32. The van der Waals surface area contributed by atoms with Crippen molar-refractivity contribution in [2.45, 2.75) is 32.5 Å². The van der Waals surface area contributed by atoms with Crippen molar-refractivity contribution >= 4 is 61.0 Å². The molecule has 1 aliphatic rings. The van der Waals surface area contributed by atoms with E-state index in [1.807, 2.05) is 6.07 Å². The number of rotatable bonds is 2. The maximum atomic E-state index is 11.0. The summed E-state index contributed by atoms with van der Waals surface area (Å²) in [4.78, 5) is 11.0. The Morgan fingerprint density at radius 3 is 2.18 bits per heavy atom. The first kappa shape index (κ1) is 25.4. The van der Waals surface area contributed by atoms with Crippen molar-refractivity contribution in [3.05, 3.63) is 66.5 Å². The van der Waals surface area contributed by atoms with Crippen LogP contribution in [0.4, 0.5) is 0 Å². The fourth-order valence-corrected chi connectivity index (χ4v) is 3.64. The van der Waals surface area contributed by atoms with Gasteiger partial charge in [-0.1, -0.05) is 61.1 Å². The van der Waals surface area contributed by atoms with Crippen molar-refractivity contribution in [1.29, 1.82) is 0 Å². The average Bonchev–Trinajstić information content (AvgIpc) is 3.13. The second-order valence-electron chi connectivity index (χ2n) is 5.83. The van der Waals surface area contributed by atoms with Crippen LogP contribution in [0.1, 0.15) is 35.7 Å². The molecule has 0 aromatic heterocycles. The first-order chi connectivity index (χ1) is 13.3. The first-order valence-electron chi connectivity index (χ1n) is 8.48. The first-order valence-corrected chi connectivity index (χ1v) is 10.8. The molecule has 4 nitrogen and oxygen atoms in total. The van der Waals surface area contributed by atoms with Gasteiger partial charge in [0.05, 0.1) is 30.4 Å². The van der Waals surface area contributed by atoms with Crippen LogP contribution < -0.4 is 0 Å². The van der Waals surface area contributed by atoms with Crippen molar-refractivity contribution in [1.82, 2.24) is 0 Å². The fraction of sp³-hybridized carbons (Fsp3) is 0.350. The predicted molar refractivity (Wildman–Crippen MR) is 120 cm³/mol. The topological polar surface area (TPSA) is 55.8 Å². The molecule has 1 unspecified atom stereocenters. The lowest BCUT2D eigenvalue weighted by Crippen LogP contribution is -2.01. The van der Waals surface area contributed by atoms with E-state index in [-0.39, 0.29) is 6.61 Å². The number of carbonyl (C=O) groups is 1. The van der Waals surface area contributed by atoms with Gasteiger partial charge in [0.15, 0.2) is 0 Å². The van der Waals surface area contributed by atoms with E-state index < -0.39 is 5.97 Å². The van der Waals surface area contributed by atoms with Gasteiger partial charge in [0.25, 0.3) is 0 Å². The lowest BCUT2D eigenvalue weighted by atomic mass is 10.2. The molecule has 0 aliphatic carbocycles. The number of halogens is 4. The number of benzene rings is 2. The van der Waals surface area contributed by atoms with Gasteiger partial charge in [-0.3, -0.25) is 0 Å². The Morgan fingerprint density at radius 1 is 1.18 bits per heavy atom. The molecule has 1 atom stereocenters. The maximum absolute atomic E-state index is 11.0. The Kier molecular flexibility index (Phi) is 12.3. The van der Waals surface area contributed by atoms with E-state index in [4.69, 9.17) is 33.0 Å². The molecular weight excluding hydrogens is 535 g/mol. The van der Waals surface area contributed by atoms with Crippen LogP contribution in [0.5, 0.6) is 0 Å². The summed E-state index contributed by atoms with van der Waals surface area (Å²) in [6.45, 7) is 3.10. The Labute approximate surface area is 192 Å². The lowest BCUT2D eigenvalue weighted by Gasteiger charge is -2.01. The highest BCUT2D eigenvalue weighted by Gasteiger charge is 2.09. The highest BCUT2D eigenvalue weighted by Crippen LogP contribution is 2.22. The van der Waals surface area contributed by atoms with Gasteiger partial charge in [0, 0.05) is 20.6 Å². The molecular formula is C20H22Br2Cl2O4. The van der Waals surface area contributed by atoms with Crippen LogP contribution in [0, 0.1) is 0 Å². The molecule has 0 saturated carbocycles. The van der Waals surface area contributed by atoms with E-state index in [0.717, 1.165) is 21.1 Å². The molecule has 3 rings (SSSR count). The summed E-state index contributed by atoms with van der Waals surface area (Å²) in [6, 6.07) is 10.4. The van der Waals surface area contributed by atoms with Gasteiger partial charge in [-0.2, -0.15) is 0 Å². The van der Waals surface area contributed by atoms with Crippen molar-refractivity contribution in [2.24, 2.45) is 0 Å². The molecule has 1 aliphatic heterocycles. The molecule has 154 valence electrons. The quantitative estimate of drug-likeness (QED) is 0.420. The van der Waals surface area contributed by atoms with Crippen LogP contribution in [0.15, 0.2) is 45.3 Å². The number of aliphatic hydroxyl groups excluding tert-OH is 1. The second kappa shape index (κ2) is 13.6. The fourth-order valence-electron chi connectivity index (χ4n) is 2.15. The minimum Gasteiger partial charge on any atom is -0.465 e. The standard InChI is InChI=1S/C8H6BrClO2.C7H6BrClO.C5H10O/c1-12-8(11)6-3-2-5(9)4-7(6)10;8-6-2-1-5(4-10)7(9)3-6;1-5-3-2-4-6-5/h2-4H,1H3;1-3,10H,4H2;5H,2-4H2,1H3. The molecule has 0 bridgehead atoms. The third-order valence-corrected chi connectivity index (χ3v) is 5.33. The summed E-state index contributed by atoms with van der Waals surface area (Å²) in [6.07, 6.45) is 3.08. The molecule has 1 N–H and O–H groups in total. The monoisotopic (exact) mass is 554 g/mol. The van der Waals surface area contributed by atoms with Crippen LogP contribution in [0.3, 0.4) is 0 Å². The average molecular weight is 557 g/mol. The van der Waals surface area contributed by atoms with Crippen LogP contribution in [0.25, 0.3) is 0 Å². The normalized spacial score (nSPS) is 15.0. The molecule has 1 fully saturated rings. The van der Waals surface area contributed by atoms with Crippen LogP contribution in [0.2, 0.25) is 10.0 Å². The number of esters is 1. The van der Waals surface area contributed by atoms with Gasteiger partial charge in [0.1, 0.15) is 0 Å². The Balaban J connectivity index is 0.000000221. The number of methoxy groups -OCH3 is 1. The SMILES string of the molecule is CC1CCCO1.COC(=O)c1ccc(Br)cc1Cl.OCc1ccc(Br)cc1Cl. The van der Waals surface area contributed by atoms with Crippen molar-refractivity contribution in [3.63, 3.8) is 0 Å². The van der Waals surface area contributed by atoms with E-state index >= 15 is 0 Å². The van der Waals surface area contributed by atoms with E-state index in [2.05, 4.69) is 43.5 Å². The zero-order valence-electron chi connectivity index (χ0n) is 15.6. The molecule has 1 saturated heterocycles. The highest BCUT2D eigenvalue weighted by atomic mass is 79.9. The predicted octanol–water partition coefficient (Wildman–Crippen LogP) is 6.67. The third-order valence-electron chi connectivity index (χ3n) is 3.68. The Hall–Kier alpha value is -0.630. The van der Waals surface area contributed by atoms with E-state index in [1.54, 1.807) is 30.3 Å². The van der Waals surface area contributed by atoms with Gasteiger partial charge >= 0.3 is 5.97 Å². The molecule has 0 radical (unpaired) electrons. The van der Waals surface area contributed by atoms with E-state index in [9.17, 15) is 4.79 Å². The maximum Gasteiger partial charge on any atom is 0.339 e. The number of aliphatic hydroxyl groups is 1. The third kappa shape index (κ3) is 9.25. The summed E-state index contributed by atoms with van der Waals surface area (Å²) in [5.41, 5.74) is 1.13. The lowest BCUT2D eigenvalue weighted by molar-refractivity contribution is 0.0601. The Bertz CT molecular complexity index is 766. The molecule has 2 aromatic rings. The highest BCUT2D eigenvalue weighted by molar-refractivity contribution is 9.10. The van der Waals surface area contributed by atoms with Gasteiger partial charge < -0.3 is 14.6 Å². The minimum atomic E-state index is -0.424. The van der Waals surface area contributed by atoms with E-state index in [1.165, 1.54) is 20.0 Å².